The van der Waals surface area contributed by atoms with Crippen LogP contribution in [0.4, 0.5) is 0 Å². The molecule has 0 aliphatic heterocycles. The van der Waals surface area contributed by atoms with Crippen LogP contribution in [0.5, 0.6) is 0 Å². The van der Waals surface area contributed by atoms with Crippen LogP contribution in [0.2, 0.25) is 0 Å². The van der Waals surface area contributed by atoms with Gasteiger partial charge in [-0.05, 0) is 18.9 Å². The van der Waals surface area contributed by atoms with Gasteiger partial charge in [-0.25, -0.2) is 0 Å². The zero-order valence-electron chi connectivity index (χ0n) is 6.58. The van der Waals surface area contributed by atoms with E-state index in [0.717, 1.165) is 12.5 Å². The van der Waals surface area contributed by atoms with E-state index >= 15 is 0 Å². The Morgan fingerprint density at radius 2 is 2.36 bits per heavy atom. The Kier molecular flexibility index (Phi) is 3.16. The fraction of sp³-hybridized carbons (Fsp3) is 0.857. The van der Waals surface area contributed by atoms with E-state index in [9.17, 15) is 0 Å². The number of rotatable bonds is 5. The number of amidine groups is 1. The first-order valence-electron chi connectivity index (χ1n) is 4.00. The molecule has 0 bridgehead atoms. The van der Waals surface area contributed by atoms with Crippen molar-refractivity contribution in [3.8, 4) is 0 Å². The number of hydrogen-bond acceptors (Lipinski definition) is 3. The van der Waals surface area contributed by atoms with Crippen LogP contribution in [0.1, 0.15) is 19.3 Å². The van der Waals surface area contributed by atoms with Gasteiger partial charge < -0.3 is 16.3 Å². The number of nitrogens with two attached hydrogens (primary N) is 1. The lowest BCUT2D eigenvalue weighted by molar-refractivity contribution is 0.317. The van der Waals surface area contributed by atoms with Gasteiger partial charge in [-0.2, -0.15) is 0 Å². The van der Waals surface area contributed by atoms with E-state index in [1.165, 1.54) is 19.3 Å². The zero-order valence-corrected chi connectivity index (χ0v) is 6.58. The Morgan fingerprint density at radius 3 is 2.91 bits per heavy atom. The average molecular weight is 157 g/mol. The van der Waals surface area contributed by atoms with E-state index in [4.69, 9.17) is 10.9 Å². The van der Waals surface area contributed by atoms with E-state index in [-0.39, 0.29) is 5.84 Å². The quantitative estimate of drug-likeness (QED) is 0.174. The largest absolute Gasteiger partial charge is 0.409 e. The Balaban J connectivity index is 1.86. The summed E-state index contributed by atoms with van der Waals surface area (Å²) < 4.78 is 0. The molecule has 4 nitrogen and oxygen atoms in total. The van der Waals surface area contributed by atoms with Crippen LogP contribution >= 0.6 is 0 Å². The van der Waals surface area contributed by atoms with E-state index in [1.807, 2.05) is 0 Å². The minimum absolute atomic E-state index is 0.251. The van der Waals surface area contributed by atoms with Crippen molar-refractivity contribution in [2.24, 2.45) is 16.8 Å². The van der Waals surface area contributed by atoms with Gasteiger partial charge in [-0.15, -0.1) is 0 Å². The van der Waals surface area contributed by atoms with Gasteiger partial charge in [0.05, 0.1) is 6.54 Å². The molecule has 0 saturated heterocycles. The third kappa shape index (κ3) is 3.83. The van der Waals surface area contributed by atoms with Crippen molar-refractivity contribution >= 4 is 5.84 Å². The Bertz CT molecular complexity index is 143. The summed E-state index contributed by atoms with van der Waals surface area (Å²) >= 11 is 0. The van der Waals surface area contributed by atoms with E-state index < -0.39 is 0 Å². The first kappa shape index (κ1) is 8.33. The molecule has 0 heterocycles. The monoisotopic (exact) mass is 157 g/mol. The molecule has 0 atom stereocenters. The van der Waals surface area contributed by atoms with Gasteiger partial charge in [0.2, 0.25) is 0 Å². The third-order valence-corrected chi connectivity index (χ3v) is 1.86. The maximum atomic E-state index is 8.18. The first-order chi connectivity index (χ1) is 5.33. The summed E-state index contributed by atoms with van der Waals surface area (Å²) in [5.41, 5.74) is 5.24. The summed E-state index contributed by atoms with van der Waals surface area (Å²) in [5, 5.41) is 14.1. The first-order valence-corrected chi connectivity index (χ1v) is 4.00. The SMILES string of the molecule is NC(CNCCC1CC1)=NO. The summed E-state index contributed by atoms with van der Waals surface area (Å²) in [6.07, 6.45) is 3.98. The molecule has 4 N–H and O–H groups in total. The molecule has 4 heteroatoms. The molecule has 1 fully saturated rings. The highest BCUT2D eigenvalue weighted by molar-refractivity contribution is 5.81. The van der Waals surface area contributed by atoms with Gasteiger partial charge in [0, 0.05) is 0 Å². The van der Waals surface area contributed by atoms with Gasteiger partial charge in [0.15, 0.2) is 5.84 Å². The van der Waals surface area contributed by atoms with Gasteiger partial charge in [-0.1, -0.05) is 18.0 Å². The summed E-state index contributed by atoms with van der Waals surface area (Å²) in [4.78, 5) is 0. The van der Waals surface area contributed by atoms with Crippen LogP contribution < -0.4 is 11.1 Å². The number of nitrogens with one attached hydrogen (secondary N) is 1. The lowest BCUT2D eigenvalue weighted by Crippen LogP contribution is -2.29. The van der Waals surface area contributed by atoms with Crippen molar-refractivity contribution in [2.45, 2.75) is 19.3 Å². The van der Waals surface area contributed by atoms with Crippen LogP contribution in [-0.2, 0) is 0 Å². The Hall–Kier alpha value is -0.770. The number of oxime groups is 1. The molecule has 1 saturated carbocycles. The molecular weight excluding hydrogens is 142 g/mol. The maximum Gasteiger partial charge on any atom is 0.153 e. The summed E-state index contributed by atoms with van der Waals surface area (Å²) in [6, 6.07) is 0. The molecule has 64 valence electrons. The van der Waals surface area contributed by atoms with Crippen LogP contribution in [0.15, 0.2) is 5.16 Å². The fourth-order valence-electron chi connectivity index (χ4n) is 0.965. The topological polar surface area (TPSA) is 70.6 Å². The second-order valence-electron chi connectivity index (χ2n) is 3.00. The van der Waals surface area contributed by atoms with Crippen LogP contribution in [-0.4, -0.2) is 24.1 Å². The fourth-order valence-corrected chi connectivity index (χ4v) is 0.965. The molecule has 11 heavy (non-hydrogen) atoms. The molecule has 0 unspecified atom stereocenters. The van der Waals surface area contributed by atoms with Gasteiger partial charge in [-0.3, -0.25) is 0 Å². The minimum Gasteiger partial charge on any atom is -0.409 e. The third-order valence-electron chi connectivity index (χ3n) is 1.86. The van der Waals surface area contributed by atoms with E-state index in [2.05, 4.69) is 10.5 Å². The summed E-state index contributed by atoms with van der Waals surface area (Å²) in [7, 11) is 0. The highest BCUT2D eigenvalue weighted by atomic mass is 16.4. The molecule has 0 aromatic rings. The molecule has 0 aromatic carbocycles. The number of nitrogens with zero attached hydrogens (tertiary/aromatic N) is 1. The lowest BCUT2D eigenvalue weighted by atomic mass is 10.3. The maximum absolute atomic E-state index is 8.18. The molecule has 1 aliphatic rings. The van der Waals surface area contributed by atoms with Crippen LogP contribution in [0.25, 0.3) is 0 Å². The molecule has 0 aromatic heterocycles. The molecule has 0 radical (unpaired) electrons. The molecular formula is C7H15N3O. The van der Waals surface area contributed by atoms with Crippen molar-refractivity contribution in [1.29, 1.82) is 0 Å². The van der Waals surface area contributed by atoms with E-state index in [0.29, 0.717) is 6.54 Å². The van der Waals surface area contributed by atoms with Gasteiger partial charge >= 0.3 is 0 Å². The Labute approximate surface area is 66.5 Å². The van der Waals surface area contributed by atoms with Crippen molar-refractivity contribution in [3.63, 3.8) is 0 Å². The molecule has 0 spiro atoms. The highest BCUT2D eigenvalue weighted by Crippen LogP contribution is 2.31. The highest BCUT2D eigenvalue weighted by Gasteiger charge is 2.19. The predicted molar refractivity (Wildman–Crippen MR) is 43.6 cm³/mol. The average Bonchev–Trinajstić information content (AvgIpc) is 2.81. The summed E-state index contributed by atoms with van der Waals surface area (Å²) in [6.45, 7) is 1.46. The van der Waals surface area contributed by atoms with Gasteiger partial charge in [0.1, 0.15) is 0 Å². The second kappa shape index (κ2) is 4.18. The van der Waals surface area contributed by atoms with Crippen molar-refractivity contribution in [1.82, 2.24) is 5.32 Å². The van der Waals surface area contributed by atoms with Gasteiger partial charge in [0.25, 0.3) is 0 Å². The normalized spacial score (nSPS) is 18.7. The van der Waals surface area contributed by atoms with Crippen molar-refractivity contribution < 1.29 is 5.21 Å². The predicted octanol–water partition coefficient (Wildman–Crippen LogP) is 0.122. The lowest BCUT2D eigenvalue weighted by Gasteiger charge is -2.00. The standard InChI is InChI=1S/C7H15N3O/c8-7(10-11)5-9-4-3-6-1-2-6/h6,9,11H,1-5H2,(H2,8,10). The van der Waals surface area contributed by atoms with E-state index in [1.54, 1.807) is 0 Å². The Morgan fingerprint density at radius 1 is 1.64 bits per heavy atom. The van der Waals surface area contributed by atoms with Crippen LogP contribution in [0.3, 0.4) is 0 Å². The molecule has 1 aliphatic carbocycles. The molecule has 1 rings (SSSR count). The van der Waals surface area contributed by atoms with Crippen molar-refractivity contribution in [2.75, 3.05) is 13.1 Å². The molecule has 0 amide bonds. The zero-order chi connectivity index (χ0) is 8.10. The summed E-state index contributed by atoms with van der Waals surface area (Å²) in [5.74, 6) is 1.19. The minimum atomic E-state index is 0.251. The second-order valence-corrected chi connectivity index (χ2v) is 3.00. The smallest absolute Gasteiger partial charge is 0.153 e. The number of hydrogen-bond donors (Lipinski definition) is 3. The van der Waals surface area contributed by atoms with Crippen LogP contribution in [0, 0.1) is 5.92 Å². The van der Waals surface area contributed by atoms with Crippen molar-refractivity contribution in [3.05, 3.63) is 0 Å².